The van der Waals surface area contributed by atoms with Crippen LogP contribution < -0.4 is 5.46 Å². The van der Waals surface area contributed by atoms with Crippen molar-refractivity contribution in [2.45, 2.75) is 45.3 Å². The van der Waals surface area contributed by atoms with Gasteiger partial charge in [0.15, 0.2) is 0 Å². The predicted octanol–water partition coefficient (Wildman–Crippen LogP) is 2.06. The molecule has 0 bridgehead atoms. The van der Waals surface area contributed by atoms with Gasteiger partial charge in [-0.2, -0.15) is 0 Å². The molecule has 1 aliphatic rings. The Balaban J connectivity index is 1.93. The highest BCUT2D eigenvalue weighted by atomic mass is 16.7. The van der Waals surface area contributed by atoms with Crippen LogP contribution in [0.2, 0.25) is 0 Å². The molecule has 0 radical (unpaired) electrons. The number of hydrogen-bond acceptors (Lipinski definition) is 4. The first-order valence-electron chi connectivity index (χ1n) is 8.05. The second kappa shape index (κ2) is 5.62. The number of methoxy groups -OCH3 is 1. The molecular formula is C17H25BN2O3. The molecule has 124 valence electrons. The van der Waals surface area contributed by atoms with Crippen LogP contribution in [0.25, 0.3) is 11.0 Å². The molecule has 0 unspecified atom stereocenters. The maximum absolute atomic E-state index is 6.14. The van der Waals surface area contributed by atoms with Crippen LogP contribution in [0.1, 0.15) is 33.5 Å². The standard InChI is InChI=1S/C17H25BN2O3/c1-16(2)17(3,4)23-18(22-16)12-7-8-13-14(11-12)20(5)15(19-13)9-10-21-6/h7-8,11H,9-10H2,1-6H3. The smallest absolute Gasteiger partial charge is 0.399 e. The van der Waals surface area contributed by atoms with Crippen molar-refractivity contribution >= 4 is 23.6 Å². The molecule has 0 atom stereocenters. The molecule has 6 heteroatoms. The zero-order valence-corrected chi connectivity index (χ0v) is 14.8. The molecule has 0 aliphatic carbocycles. The molecule has 2 heterocycles. The average molecular weight is 316 g/mol. The summed E-state index contributed by atoms with van der Waals surface area (Å²) in [5.41, 5.74) is 2.44. The van der Waals surface area contributed by atoms with Gasteiger partial charge in [-0.15, -0.1) is 0 Å². The van der Waals surface area contributed by atoms with Crippen LogP contribution in [0.15, 0.2) is 18.2 Å². The fraction of sp³-hybridized carbons (Fsp3) is 0.588. The van der Waals surface area contributed by atoms with Crippen molar-refractivity contribution in [1.82, 2.24) is 9.55 Å². The average Bonchev–Trinajstić information content (AvgIpc) is 2.90. The molecule has 1 aromatic heterocycles. The van der Waals surface area contributed by atoms with Crippen LogP contribution in [0.3, 0.4) is 0 Å². The molecule has 1 fully saturated rings. The van der Waals surface area contributed by atoms with Gasteiger partial charge < -0.3 is 18.6 Å². The van der Waals surface area contributed by atoms with Crippen molar-refractivity contribution in [3.63, 3.8) is 0 Å². The van der Waals surface area contributed by atoms with Crippen LogP contribution in [0, 0.1) is 0 Å². The van der Waals surface area contributed by atoms with Crippen molar-refractivity contribution in [2.24, 2.45) is 7.05 Å². The highest BCUT2D eigenvalue weighted by Gasteiger charge is 2.51. The topological polar surface area (TPSA) is 45.5 Å². The van der Waals surface area contributed by atoms with E-state index in [2.05, 4.69) is 43.3 Å². The third kappa shape index (κ3) is 2.79. The van der Waals surface area contributed by atoms with E-state index in [1.165, 1.54) is 0 Å². The highest BCUT2D eigenvalue weighted by molar-refractivity contribution is 6.62. The summed E-state index contributed by atoms with van der Waals surface area (Å²) in [6.45, 7) is 8.94. The highest BCUT2D eigenvalue weighted by Crippen LogP contribution is 2.36. The van der Waals surface area contributed by atoms with Crippen molar-refractivity contribution in [2.75, 3.05) is 13.7 Å². The SMILES string of the molecule is COCCc1nc2ccc(B3OC(C)(C)C(C)(C)O3)cc2n1C. The number of fused-ring (bicyclic) bond motifs is 1. The second-order valence-corrected chi connectivity index (χ2v) is 7.17. The minimum atomic E-state index is -0.346. The van der Waals surface area contributed by atoms with Gasteiger partial charge in [0.1, 0.15) is 5.82 Å². The number of imidazole rings is 1. The Labute approximate surface area is 138 Å². The molecule has 5 nitrogen and oxygen atoms in total. The predicted molar refractivity (Wildman–Crippen MR) is 92.0 cm³/mol. The van der Waals surface area contributed by atoms with E-state index >= 15 is 0 Å². The van der Waals surface area contributed by atoms with E-state index in [1.54, 1.807) is 7.11 Å². The van der Waals surface area contributed by atoms with Crippen LogP contribution in [-0.4, -0.2) is 41.6 Å². The lowest BCUT2D eigenvalue weighted by Gasteiger charge is -2.32. The minimum Gasteiger partial charge on any atom is -0.399 e. The monoisotopic (exact) mass is 316 g/mol. The van der Waals surface area contributed by atoms with Crippen LogP contribution in [-0.2, 0) is 27.5 Å². The maximum Gasteiger partial charge on any atom is 0.494 e. The van der Waals surface area contributed by atoms with E-state index in [9.17, 15) is 0 Å². The van der Waals surface area contributed by atoms with Gasteiger partial charge in [-0.05, 0) is 45.3 Å². The van der Waals surface area contributed by atoms with Gasteiger partial charge in [0.25, 0.3) is 0 Å². The van der Waals surface area contributed by atoms with E-state index in [0.717, 1.165) is 28.7 Å². The summed E-state index contributed by atoms with van der Waals surface area (Å²) in [6, 6.07) is 6.18. The van der Waals surface area contributed by atoms with Crippen LogP contribution in [0.4, 0.5) is 0 Å². The quantitative estimate of drug-likeness (QED) is 0.810. The summed E-state index contributed by atoms with van der Waals surface area (Å²) in [4.78, 5) is 4.68. The molecule has 1 aromatic carbocycles. The summed E-state index contributed by atoms with van der Waals surface area (Å²) in [5.74, 6) is 1.02. The zero-order valence-electron chi connectivity index (χ0n) is 14.8. The first-order valence-corrected chi connectivity index (χ1v) is 8.05. The Morgan fingerprint density at radius 2 is 1.83 bits per heavy atom. The molecule has 1 aliphatic heterocycles. The van der Waals surface area contributed by atoms with Gasteiger partial charge >= 0.3 is 7.12 Å². The Bertz CT molecular complexity index is 708. The number of rotatable bonds is 4. The number of nitrogens with zero attached hydrogens (tertiary/aromatic N) is 2. The van der Waals surface area contributed by atoms with E-state index in [1.807, 2.05) is 19.2 Å². The summed E-state index contributed by atoms with van der Waals surface area (Å²) in [5, 5.41) is 0. The van der Waals surface area contributed by atoms with Gasteiger partial charge in [-0.25, -0.2) is 4.98 Å². The number of hydrogen-bond donors (Lipinski definition) is 0. The van der Waals surface area contributed by atoms with Crippen molar-refractivity contribution in [1.29, 1.82) is 0 Å². The molecule has 2 aromatic rings. The third-order valence-corrected chi connectivity index (χ3v) is 5.05. The molecule has 1 saturated heterocycles. The number of ether oxygens (including phenoxy) is 1. The lowest BCUT2D eigenvalue weighted by Crippen LogP contribution is -2.41. The van der Waals surface area contributed by atoms with Gasteiger partial charge in [0.05, 0.1) is 28.8 Å². The summed E-state index contributed by atoms with van der Waals surface area (Å²) in [6.07, 6.45) is 0.799. The van der Waals surface area contributed by atoms with Gasteiger partial charge in [0, 0.05) is 20.6 Å². The Morgan fingerprint density at radius 3 is 2.43 bits per heavy atom. The molecule has 0 N–H and O–H groups in total. The van der Waals surface area contributed by atoms with E-state index in [0.29, 0.717) is 6.61 Å². The number of aryl methyl sites for hydroxylation is 1. The van der Waals surface area contributed by atoms with Crippen LogP contribution in [0.5, 0.6) is 0 Å². The number of aromatic nitrogens is 2. The van der Waals surface area contributed by atoms with Gasteiger partial charge in [-0.3, -0.25) is 0 Å². The maximum atomic E-state index is 6.14. The van der Waals surface area contributed by atoms with Crippen LogP contribution >= 0.6 is 0 Å². The normalized spacial score (nSPS) is 19.7. The van der Waals surface area contributed by atoms with Gasteiger partial charge in [0.2, 0.25) is 0 Å². The molecule has 0 saturated carbocycles. The number of benzene rings is 1. The zero-order chi connectivity index (χ0) is 16.8. The Hall–Kier alpha value is -1.37. The fourth-order valence-electron chi connectivity index (χ4n) is 2.80. The lowest BCUT2D eigenvalue weighted by molar-refractivity contribution is 0.00578. The van der Waals surface area contributed by atoms with Gasteiger partial charge in [-0.1, -0.05) is 6.07 Å². The second-order valence-electron chi connectivity index (χ2n) is 7.17. The fourth-order valence-corrected chi connectivity index (χ4v) is 2.80. The Kier molecular flexibility index (Phi) is 4.03. The van der Waals surface area contributed by atoms with E-state index < -0.39 is 0 Å². The first-order chi connectivity index (χ1) is 10.7. The molecular weight excluding hydrogens is 291 g/mol. The van der Waals surface area contributed by atoms with Crippen molar-refractivity contribution in [3.8, 4) is 0 Å². The molecule has 23 heavy (non-hydrogen) atoms. The van der Waals surface area contributed by atoms with Crippen molar-refractivity contribution < 1.29 is 14.0 Å². The molecule has 0 spiro atoms. The molecule has 3 rings (SSSR count). The largest absolute Gasteiger partial charge is 0.494 e. The summed E-state index contributed by atoms with van der Waals surface area (Å²) >= 11 is 0. The summed E-state index contributed by atoms with van der Waals surface area (Å²) < 4.78 is 19.5. The first kappa shape index (κ1) is 16.5. The van der Waals surface area contributed by atoms with E-state index in [4.69, 9.17) is 14.0 Å². The molecule has 0 amide bonds. The van der Waals surface area contributed by atoms with Crippen molar-refractivity contribution in [3.05, 3.63) is 24.0 Å². The van der Waals surface area contributed by atoms with E-state index in [-0.39, 0.29) is 18.3 Å². The Morgan fingerprint density at radius 1 is 1.17 bits per heavy atom. The summed E-state index contributed by atoms with van der Waals surface area (Å²) in [7, 11) is 3.40. The third-order valence-electron chi connectivity index (χ3n) is 5.05. The minimum absolute atomic E-state index is 0.331. The lowest BCUT2D eigenvalue weighted by atomic mass is 9.79.